The number of hydrogen-bond donors (Lipinski definition) is 4. The SMILES string of the molecule is CC(O)N(C(C)O)C(N)CCCCCN. The molecule has 0 radical (unpaired) electrons. The third-order valence-corrected chi connectivity index (χ3v) is 2.45. The summed E-state index contributed by atoms with van der Waals surface area (Å²) in [6.45, 7) is 3.91. The lowest BCUT2D eigenvalue weighted by atomic mass is 10.1. The van der Waals surface area contributed by atoms with Crippen LogP contribution in [0.2, 0.25) is 0 Å². The van der Waals surface area contributed by atoms with Gasteiger partial charge in [0.1, 0.15) is 12.5 Å². The van der Waals surface area contributed by atoms with E-state index >= 15 is 0 Å². The molecular formula is C10H25N3O2. The van der Waals surface area contributed by atoms with Gasteiger partial charge in [-0.1, -0.05) is 12.8 Å². The van der Waals surface area contributed by atoms with Crippen molar-refractivity contribution in [1.82, 2.24) is 4.90 Å². The van der Waals surface area contributed by atoms with Crippen LogP contribution in [0.25, 0.3) is 0 Å². The summed E-state index contributed by atoms with van der Waals surface area (Å²) in [5.74, 6) is 0. The van der Waals surface area contributed by atoms with E-state index in [1.54, 1.807) is 13.8 Å². The second kappa shape index (κ2) is 8.01. The molecule has 0 fully saturated rings. The lowest BCUT2D eigenvalue weighted by molar-refractivity contribution is -0.110. The number of aliphatic hydroxyl groups excluding tert-OH is 2. The predicted molar refractivity (Wildman–Crippen MR) is 60.7 cm³/mol. The monoisotopic (exact) mass is 219 g/mol. The van der Waals surface area contributed by atoms with Gasteiger partial charge in [0.05, 0.1) is 6.17 Å². The largest absolute Gasteiger partial charge is 0.379 e. The summed E-state index contributed by atoms with van der Waals surface area (Å²) in [6.07, 6.45) is 2.00. The van der Waals surface area contributed by atoms with E-state index in [0.717, 1.165) is 25.7 Å². The van der Waals surface area contributed by atoms with Crippen LogP contribution in [0.1, 0.15) is 39.5 Å². The molecule has 92 valence electrons. The van der Waals surface area contributed by atoms with E-state index in [-0.39, 0.29) is 6.17 Å². The van der Waals surface area contributed by atoms with Gasteiger partial charge < -0.3 is 21.7 Å². The molecule has 0 bridgehead atoms. The lowest BCUT2D eigenvalue weighted by Gasteiger charge is -2.33. The van der Waals surface area contributed by atoms with Crippen molar-refractivity contribution in [3.63, 3.8) is 0 Å². The number of nitrogens with two attached hydrogens (primary N) is 2. The van der Waals surface area contributed by atoms with Crippen LogP contribution >= 0.6 is 0 Å². The van der Waals surface area contributed by atoms with Crippen LogP contribution in [-0.4, -0.2) is 40.3 Å². The van der Waals surface area contributed by atoms with Gasteiger partial charge in [0.2, 0.25) is 0 Å². The zero-order valence-corrected chi connectivity index (χ0v) is 9.76. The molecule has 15 heavy (non-hydrogen) atoms. The summed E-state index contributed by atoms with van der Waals surface area (Å²) >= 11 is 0. The summed E-state index contributed by atoms with van der Waals surface area (Å²) in [6, 6.07) is 0. The van der Waals surface area contributed by atoms with Gasteiger partial charge in [-0.05, 0) is 33.2 Å². The summed E-state index contributed by atoms with van der Waals surface area (Å²) in [5, 5.41) is 18.8. The highest BCUT2D eigenvalue weighted by atomic mass is 16.3. The highest BCUT2D eigenvalue weighted by Gasteiger charge is 2.22. The van der Waals surface area contributed by atoms with Crippen molar-refractivity contribution in [3.05, 3.63) is 0 Å². The smallest absolute Gasteiger partial charge is 0.107 e. The average Bonchev–Trinajstić information content (AvgIpc) is 2.11. The van der Waals surface area contributed by atoms with Gasteiger partial charge in [-0.15, -0.1) is 0 Å². The first-order chi connectivity index (χ1) is 7.00. The maximum Gasteiger partial charge on any atom is 0.107 e. The topological polar surface area (TPSA) is 95.7 Å². The Balaban J connectivity index is 3.87. The van der Waals surface area contributed by atoms with Gasteiger partial charge in [-0.2, -0.15) is 0 Å². The molecule has 0 aliphatic rings. The maximum absolute atomic E-state index is 9.42. The Morgan fingerprint density at radius 1 is 1.07 bits per heavy atom. The Kier molecular flexibility index (Phi) is 7.90. The molecule has 3 atom stereocenters. The number of rotatable bonds is 8. The van der Waals surface area contributed by atoms with Crippen LogP contribution in [0, 0.1) is 0 Å². The second-order valence-corrected chi connectivity index (χ2v) is 3.92. The van der Waals surface area contributed by atoms with Crippen molar-refractivity contribution in [3.8, 4) is 0 Å². The molecule has 5 heteroatoms. The normalized spacial score (nSPS) is 17.8. The van der Waals surface area contributed by atoms with E-state index in [1.165, 1.54) is 4.90 Å². The first-order valence-electron chi connectivity index (χ1n) is 5.60. The summed E-state index contributed by atoms with van der Waals surface area (Å²) in [4.78, 5) is 1.49. The molecule has 0 spiro atoms. The molecule has 3 unspecified atom stereocenters. The van der Waals surface area contributed by atoms with Crippen molar-refractivity contribution >= 4 is 0 Å². The van der Waals surface area contributed by atoms with Gasteiger partial charge in [-0.3, -0.25) is 0 Å². The molecule has 0 aromatic heterocycles. The molecule has 0 heterocycles. The van der Waals surface area contributed by atoms with Crippen molar-refractivity contribution < 1.29 is 10.2 Å². The van der Waals surface area contributed by atoms with Crippen LogP contribution in [-0.2, 0) is 0 Å². The Morgan fingerprint density at radius 2 is 1.60 bits per heavy atom. The third kappa shape index (κ3) is 6.06. The molecule has 6 N–H and O–H groups in total. The van der Waals surface area contributed by atoms with Gasteiger partial charge in [-0.25, -0.2) is 4.90 Å². The Hall–Kier alpha value is -0.200. The zero-order valence-electron chi connectivity index (χ0n) is 9.76. The van der Waals surface area contributed by atoms with E-state index in [2.05, 4.69) is 0 Å². The van der Waals surface area contributed by atoms with Crippen molar-refractivity contribution in [1.29, 1.82) is 0 Å². The summed E-state index contributed by atoms with van der Waals surface area (Å²) in [7, 11) is 0. The van der Waals surface area contributed by atoms with E-state index in [4.69, 9.17) is 11.5 Å². The minimum atomic E-state index is -0.727. The van der Waals surface area contributed by atoms with Crippen LogP contribution in [0.4, 0.5) is 0 Å². The fourth-order valence-corrected chi connectivity index (χ4v) is 1.69. The molecule has 0 saturated heterocycles. The minimum Gasteiger partial charge on any atom is -0.379 e. The molecule has 0 saturated carbocycles. The number of nitrogens with zero attached hydrogens (tertiary/aromatic N) is 1. The van der Waals surface area contributed by atoms with E-state index in [1.807, 2.05) is 0 Å². The molecule has 0 aliphatic carbocycles. The molecule has 0 amide bonds. The van der Waals surface area contributed by atoms with Crippen molar-refractivity contribution in [2.24, 2.45) is 11.5 Å². The van der Waals surface area contributed by atoms with E-state index < -0.39 is 12.5 Å². The molecular weight excluding hydrogens is 194 g/mol. The lowest BCUT2D eigenvalue weighted by Crippen LogP contribution is -2.51. The highest BCUT2D eigenvalue weighted by molar-refractivity contribution is 4.67. The molecule has 0 aromatic rings. The second-order valence-electron chi connectivity index (χ2n) is 3.92. The first-order valence-corrected chi connectivity index (χ1v) is 5.60. The van der Waals surface area contributed by atoms with Crippen LogP contribution in [0.15, 0.2) is 0 Å². The number of aliphatic hydroxyl groups is 2. The van der Waals surface area contributed by atoms with E-state index in [0.29, 0.717) is 6.54 Å². The van der Waals surface area contributed by atoms with Crippen molar-refractivity contribution in [2.45, 2.75) is 58.2 Å². The quantitative estimate of drug-likeness (QED) is 0.334. The molecule has 0 aromatic carbocycles. The zero-order chi connectivity index (χ0) is 11.8. The third-order valence-electron chi connectivity index (χ3n) is 2.45. The maximum atomic E-state index is 9.42. The Labute approximate surface area is 92.1 Å². The summed E-state index contributed by atoms with van der Waals surface area (Å²) in [5.41, 5.74) is 11.3. The highest BCUT2D eigenvalue weighted by Crippen LogP contribution is 2.10. The fourth-order valence-electron chi connectivity index (χ4n) is 1.69. The van der Waals surface area contributed by atoms with Gasteiger partial charge in [0.15, 0.2) is 0 Å². The molecule has 0 rings (SSSR count). The van der Waals surface area contributed by atoms with Gasteiger partial charge in [0.25, 0.3) is 0 Å². The van der Waals surface area contributed by atoms with Crippen molar-refractivity contribution in [2.75, 3.05) is 6.54 Å². The fraction of sp³-hybridized carbons (Fsp3) is 1.00. The van der Waals surface area contributed by atoms with Crippen LogP contribution < -0.4 is 11.5 Å². The summed E-state index contributed by atoms with van der Waals surface area (Å²) < 4.78 is 0. The molecule has 5 nitrogen and oxygen atoms in total. The number of unbranched alkanes of at least 4 members (excludes halogenated alkanes) is 2. The van der Waals surface area contributed by atoms with E-state index in [9.17, 15) is 10.2 Å². The minimum absolute atomic E-state index is 0.303. The Bertz CT molecular complexity index is 146. The Morgan fingerprint density at radius 3 is 2.00 bits per heavy atom. The van der Waals surface area contributed by atoms with Gasteiger partial charge in [0, 0.05) is 0 Å². The molecule has 0 aliphatic heterocycles. The van der Waals surface area contributed by atoms with Crippen LogP contribution in [0.5, 0.6) is 0 Å². The van der Waals surface area contributed by atoms with Crippen LogP contribution in [0.3, 0.4) is 0 Å². The van der Waals surface area contributed by atoms with Gasteiger partial charge >= 0.3 is 0 Å². The standard InChI is InChI=1S/C10H25N3O2/c1-8(14)13(9(2)15)10(12)6-4-3-5-7-11/h8-10,14-15H,3-7,11-12H2,1-2H3. The first kappa shape index (κ1) is 14.8. The number of hydrogen-bond acceptors (Lipinski definition) is 5. The average molecular weight is 219 g/mol. The predicted octanol–water partition coefficient (Wildman–Crippen LogP) is -0.231.